The highest BCUT2D eigenvalue weighted by molar-refractivity contribution is 7.89. The molecule has 1 aliphatic rings. The van der Waals surface area contributed by atoms with Gasteiger partial charge in [-0.05, 0) is 54.8 Å². The van der Waals surface area contributed by atoms with Crippen LogP contribution in [0.15, 0.2) is 53.4 Å². The third-order valence-corrected chi connectivity index (χ3v) is 7.40. The average molecular weight is 430 g/mol. The summed E-state index contributed by atoms with van der Waals surface area (Å²) in [6, 6.07) is 12.8. The highest BCUT2D eigenvalue weighted by atomic mass is 32.2. The molecule has 0 aromatic heterocycles. The van der Waals surface area contributed by atoms with Crippen molar-refractivity contribution in [1.29, 1.82) is 0 Å². The molecule has 30 heavy (non-hydrogen) atoms. The third-order valence-electron chi connectivity index (χ3n) is 5.47. The second-order valence-corrected chi connectivity index (χ2v) is 9.63. The molecule has 3 rings (SSSR count). The van der Waals surface area contributed by atoms with E-state index in [9.17, 15) is 18.0 Å². The van der Waals surface area contributed by atoms with Gasteiger partial charge in [0.25, 0.3) is 5.91 Å². The fourth-order valence-corrected chi connectivity index (χ4v) is 5.11. The predicted octanol–water partition coefficient (Wildman–Crippen LogP) is 2.92. The smallest absolute Gasteiger partial charge is 0.255 e. The summed E-state index contributed by atoms with van der Waals surface area (Å²) >= 11 is 0. The van der Waals surface area contributed by atoms with E-state index in [4.69, 9.17) is 5.73 Å². The van der Waals surface area contributed by atoms with Crippen molar-refractivity contribution in [2.45, 2.75) is 49.5 Å². The number of nitrogens with two attached hydrogens (primary N) is 1. The lowest BCUT2D eigenvalue weighted by atomic mass is 9.96. The first kappa shape index (κ1) is 22.0. The lowest BCUT2D eigenvalue weighted by Crippen LogP contribution is -2.38. The second kappa shape index (κ2) is 9.40. The molecule has 2 amide bonds. The quantitative estimate of drug-likeness (QED) is 0.705. The Hall–Kier alpha value is -2.71. The number of hydrogen-bond donors (Lipinski definition) is 2. The standard InChI is InChI=1S/C22H27N3O4S/c1-25(19-5-3-2-4-6-19)30(28,29)20-13-9-17(10-14-20)22(27)24-18-11-7-16(8-12-18)15-21(23)26/h7-14,19H,2-6,15H2,1H3,(H2,23,26)(H,24,27). The summed E-state index contributed by atoms with van der Waals surface area (Å²) in [6.07, 6.45) is 5.16. The topological polar surface area (TPSA) is 110 Å². The largest absolute Gasteiger partial charge is 0.369 e. The fraction of sp³-hybridized carbons (Fsp3) is 0.364. The van der Waals surface area contributed by atoms with E-state index in [1.807, 2.05) is 0 Å². The lowest BCUT2D eigenvalue weighted by molar-refractivity contribution is -0.117. The van der Waals surface area contributed by atoms with Crippen LogP contribution < -0.4 is 11.1 Å². The second-order valence-electron chi connectivity index (χ2n) is 7.63. The fourth-order valence-electron chi connectivity index (χ4n) is 3.70. The predicted molar refractivity (Wildman–Crippen MR) is 116 cm³/mol. The van der Waals surface area contributed by atoms with Crippen molar-refractivity contribution in [2.75, 3.05) is 12.4 Å². The zero-order chi connectivity index (χ0) is 21.7. The van der Waals surface area contributed by atoms with Crippen molar-refractivity contribution in [3.05, 3.63) is 59.7 Å². The molecule has 0 unspecified atom stereocenters. The van der Waals surface area contributed by atoms with Crippen LogP contribution in [0.4, 0.5) is 5.69 Å². The maximum absolute atomic E-state index is 12.9. The SMILES string of the molecule is CN(C1CCCCC1)S(=O)(=O)c1ccc(C(=O)Nc2ccc(CC(N)=O)cc2)cc1. The molecule has 0 saturated heterocycles. The zero-order valence-corrected chi connectivity index (χ0v) is 17.8. The van der Waals surface area contributed by atoms with Crippen LogP contribution in [0, 0.1) is 0 Å². The van der Waals surface area contributed by atoms with Crippen LogP contribution >= 0.6 is 0 Å². The Balaban J connectivity index is 1.67. The molecule has 0 heterocycles. The van der Waals surface area contributed by atoms with Gasteiger partial charge in [-0.25, -0.2) is 8.42 Å². The summed E-state index contributed by atoms with van der Waals surface area (Å²) in [4.78, 5) is 23.6. The normalized spacial score (nSPS) is 15.1. The van der Waals surface area contributed by atoms with Crippen LogP contribution in [-0.2, 0) is 21.2 Å². The molecule has 0 atom stereocenters. The van der Waals surface area contributed by atoms with Crippen LogP contribution in [0.3, 0.4) is 0 Å². The van der Waals surface area contributed by atoms with E-state index in [1.54, 1.807) is 31.3 Å². The Labute approximate surface area is 177 Å². The van der Waals surface area contributed by atoms with Gasteiger partial charge in [0.15, 0.2) is 0 Å². The number of nitrogens with one attached hydrogen (secondary N) is 1. The van der Waals surface area contributed by atoms with Gasteiger partial charge in [-0.15, -0.1) is 0 Å². The van der Waals surface area contributed by atoms with E-state index < -0.39 is 15.9 Å². The van der Waals surface area contributed by atoms with Crippen LogP contribution in [0.25, 0.3) is 0 Å². The molecule has 1 saturated carbocycles. The van der Waals surface area contributed by atoms with Crippen molar-refractivity contribution in [2.24, 2.45) is 5.73 Å². The number of sulfonamides is 1. The highest BCUT2D eigenvalue weighted by Gasteiger charge is 2.29. The molecule has 2 aromatic carbocycles. The number of carbonyl (C=O) groups is 2. The van der Waals surface area contributed by atoms with E-state index in [0.29, 0.717) is 11.3 Å². The minimum atomic E-state index is -3.59. The van der Waals surface area contributed by atoms with Crippen LogP contribution in [0.1, 0.15) is 48.0 Å². The summed E-state index contributed by atoms with van der Waals surface area (Å²) in [7, 11) is -1.96. The minimum absolute atomic E-state index is 0.0317. The molecular formula is C22H27N3O4S. The van der Waals surface area contributed by atoms with Crippen molar-refractivity contribution in [3.63, 3.8) is 0 Å². The average Bonchev–Trinajstić information content (AvgIpc) is 2.75. The van der Waals surface area contributed by atoms with Gasteiger partial charge in [-0.1, -0.05) is 31.4 Å². The van der Waals surface area contributed by atoms with Gasteiger partial charge in [-0.3, -0.25) is 9.59 Å². The summed E-state index contributed by atoms with van der Waals surface area (Å²) in [5.74, 6) is -0.766. The number of hydrogen-bond acceptors (Lipinski definition) is 4. The van der Waals surface area contributed by atoms with E-state index >= 15 is 0 Å². The van der Waals surface area contributed by atoms with Crippen LogP contribution in [0.5, 0.6) is 0 Å². The van der Waals surface area contributed by atoms with Crippen molar-refractivity contribution >= 4 is 27.5 Å². The minimum Gasteiger partial charge on any atom is -0.369 e. The molecule has 3 N–H and O–H groups in total. The highest BCUT2D eigenvalue weighted by Crippen LogP contribution is 2.26. The number of rotatable bonds is 7. The number of anilines is 1. The molecule has 1 fully saturated rings. The Morgan fingerprint density at radius 2 is 1.60 bits per heavy atom. The van der Waals surface area contributed by atoms with Crippen LogP contribution in [0.2, 0.25) is 0 Å². The maximum Gasteiger partial charge on any atom is 0.255 e. The first-order valence-corrected chi connectivity index (χ1v) is 11.5. The van der Waals surface area contributed by atoms with Gasteiger partial charge in [0, 0.05) is 24.3 Å². The monoisotopic (exact) mass is 429 g/mol. The molecule has 0 aliphatic heterocycles. The van der Waals surface area contributed by atoms with E-state index in [0.717, 1.165) is 37.7 Å². The van der Waals surface area contributed by atoms with Crippen LogP contribution in [-0.4, -0.2) is 37.6 Å². The number of nitrogens with zero attached hydrogens (tertiary/aromatic N) is 1. The van der Waals surface area contributed by atoms with Gasteiger partial charge in [-0.2, -0.15) is 4.31 Å². The molecule has 0 bridgehead atoms. The lowest BCUT2D eigenvalue weighted by Gasteiger charge is -2.30. The number of primary amides is 1. The summed E-state index contributed by atoms with van der Waals surface area (Å²) in [6.45, 7) is 0. The van der Waals surface area contributed by atoms with Gasteiger partial charge in [0.1, 0.15) is 0 Å². The van der Waals surface area contributed by atoms with E-state index in [-0.39, 0.29) is 23.3 Å². The Morgan fingerprint density at radius 3 is 2.17 bits per heavy atom. The first-order chi connectivity index (χ1) is 14.3. The summed E-state index contributed by atoms with van der Waals surface area (Å²) < 4.78 is 27.3. The maximum atomic E-state index is 12.9. The number of carbonyl (C=O) groups excluding carboxylic acids is 2. The molecule has 8 heteroatoms. The van der Waals surface area contributed by atoms with E-state index in [2.05, 4.69) is 5.32 Å². The number of benzene rings is 2. The molecule has 0 radical (unpaired) electrons. The van der Waals surface area contributed by atoms with Crippen molar-refractivity contribution in [3.8, 4) is 0 Å². The Morgan fingerprint density at radius 1 is 1.00 bits per heavy atom. The molecule has 0 spiro atoms. The van der Waals surface area contributed by atoms with Gasteiger partial charge < -0.3 is 11.1 Å². The first-order valence-electron chi connectivity index (χ1n) is 10.0. The Kier molecular flexibility index (Phi) is 6.89. The molecule has 1 aliphatic carbocycles. The molecular weight excluding hydrogens is 402 g/mol. The van der Waals surface area contributed by atoms with Gasteiger partial charge >= 0.3 is 0 Å². The molecule has 2 aromatic rings. The molecule has 7 nitrogen and oxygen atoms in total. The third kappa shape index (κ3) is 5.25. The van der Waals surface area contributed by atoms with Gasteiger partial charge in [0.2, 0.25) is 15.9 Å². The molecule has 160 valence electrons. The Bertz CT molecular complexity index is 996. The zero-order valence-electron chi connectivity index (χ0n) is 17.0. The summed E-state index contributed by atoms with van der Waals surface area (Å²) in [5, 5.41) is 2.76. The van der Waals surface area contributed by atoms with Gasteiger partial charge in [0.05, 0.1) is 11.3 Å². The summed E-state index contributed by atoms with van der Waals surface area (Å²) in [5.41, 5.74) is 6.86. The van der Waals surface area contributed by atoms with E-state index in [1.165, 1.54) is 28.6 Å². The van der Waals surface area contributed by atoms with Crippen molar-refractivity contribution in [1.82, 2.24) is 4.31 Å². The number of amides is 2. The van der Waals surface area contributed by atoms with Crippen molar-refractivity contribution < 1.29 is 18.0 Å².